The minimum atomic E-state index is -0.652. The summed E-state index contributed by atoms with van der Waals surface area (Å²) in [7, 11) is 0. The summed E-state index contributed by atoms with van der Waals surface area (Å²) in [6, 6.07) is 11.5. The van der Waals surface area contributed by atoms with E-state index in [1.807, 2.05) is 0 Å². The van der Waals surface area contributed by atoms with Crippen LogP contribution in [0.4, 0.5) is 11.4 Å². The SMILES string of the molecule is O=C1CCC(=O)N(c2ccc(C(=O)OCc3nc(-c4ccc([N+](=O)[O-])cc4)no3)cc2)N1. The standard InChI is InChI=1S/C20H15N5O7/c26-16-9-10-18(27)24(22-16)14-5-3-13(4-6-14)20(28)31-11-17-21-19(23-32-17)12-1-7-15(8-2-12)25(29)30/h1-8H,9-11H2,(H,22,26). The molecule has 1 N–H and O–H groups in total. The van der Waals surface area contributed by atoms with Gasteiger partial charge in [0.1, 0.15) is 0 Å². The summed E-state index contributed by atoms with van der Waals surface area (Å²) in [6.07, 6.45) is 0.253. The molecule has 2 amide bonds. The van der Waals surface area contributed by atoms with Gasteiger partial charge in [0.2, 0.25) is 17.6 Å². The minimum Gasteiger partial charge on any atom is -0.452 e. The first-order valence-electron chi connectivity index (χ1n) is 9.38. The van der Waals surface area contributed by atoms with Crippen LogP contribution in [0.5, 0.6) is 0 Å². The van der Waals surface area contributed by atoms with Gasteiger partial charge < -0.3 is 9.26 Å². The molecule has 0 radical (unpaired) electrons. The van der Waals surface area contributed by atoms with E-state index in [0.717, 1.165) is 5.01 Å². The van der Waals surface area contributed by atoms with Crippen molar-refractivity contribution in [1.82, 2.24) is 15.6 Å². The first kappa shape index (κ1) is 20.7. The van der Waals surface area contributed by atoms with Crippen molar-refractivity contribution < 1.29 is 28.6 Å². The van der Waals surface area contributed by atoms with E-state index in [1.54, 1.807) is 0 Å². The van der Waals surface area contributed by atoms with E-state index in [9.17, 15) is 24.5 Å². The quantitative estimate of drug-likeness (QED) is 0.346. The lowest BCUT2D eigenvalue weighted by atomic mass is 10.2. The zero-order chi connectivity index (χ0) is 22.7. The first-order valence-corrected chi connectivity index (χ1v) is 9.38. The predicted molar refractivity (Wildman–Crippen MR) is 107 cm³/mol. The number of rotatable bonds is 6. The highest BCUT2D eigenvalue weighted by molar-refractivity contribution is 6.01. The van der Waals surface area contributed by atoms with Gasteiger partial charge in [0.25, 0.3) is 11.6 Å². The van der Waals surface area contributed by atoms with Gasteiger partial charge in [-0.05, 0) is 36.4 Å². The number of nitrogens with zero attached hydrogens (tertiary/aromatic N) is 4. The van der Waals surface area contributed by atoms with E-state index in [1.165, 1.54) is 48.5 Å². The lowest BCUT2D eigenvalue weighted by Gasteiger charge is -2.27. The summed E-state index contributed by atoms with van der Waals surface area (Å²) < 4.78 is 10.2. The van der Waals surface area contributed by atoms with Crippen molar-refractivity contribution in [3.63, 3.8) is 0 Å². The number of esters is 1. The Balaban J connectivity index is 1.36. The number of amides is 2. The predicted octanol–water partition coefficient (Wildman–Crippen LogP) is 2.16. The third-order valence-corrected chi connectivity index (χ3v) is 4.54. The van der Waals surface area contributed by atoms with Crippen LogP contribution in [0.15, 0.2) is 53.1 Å². The van der Waals surface area contributed by atoms with Gasteiger partial charge in [-0.3, -0.25) is 25.1 Å². The number of nitro benzene ring substituents is 1. The molecule has 0 saturated carbocycles. The van der Waals surface area contributed by atoms with Crippen molar-refractivity contribution in [2.75, 3.05) is 5.01 Å². The molecule has 12 nitrogen and oxygen atoms in total. The van der Waals surface area contributed by atoms with Crippen LogP contribution in [0.3, 0.4) is 0 Å². The van der Waals surface area contributed by atoms with E-state index >= 15 is 0 Å². The van der Waals surface area contributed by atoms with Gasteiger partial charge in [-0.1, -0.05) is 5.16 Å². The van der Waals surface area contributed by atoms with Crippen molar-refractivity contribution in [2.45, 2.75) is 19.4 Å². The average Bonchev–Trinajstić information content (AvgIpc) is 3.28. The molecule has 0 unspecified atom stereocenters. The summed E-state index contributed by atoms with van der Waals surface area (Å²) in [5.41, 5.74) is 3.55. The van der Waals surface area contributed by atoms with Crippen molar-refractivity contribution in [3.8, 4) is 11.4 Å². The number of carbonyl (C=O) groups excluding carboxylic acids is 3. The molecule has 1 fully saturated rings. The Kier molecular flexibility index (Phi) is 5.57. The lowest BCUT2D eigenvalue weighted by Crippen LogP contribution is -2.50. The molecule has 0 bridgehead atoms. The Hall–Kier alpha value is -4.61. The Labute approximate surface area is 179 Å². The molecule has 12 heteroatoms. The third kappa shape index (κ3) is 4.43. The topological polar surface area (TPSA) is 158 Å². The number of aromatic nitrogens is 2. The second kappa shape index (κ2) is 8.63. The molecule has 1 aliphatic heterocycles. The van der Waals surface area contributed by atoms with E-state index in [0.29, 0.717) is 11.3 Å². The molecule has 0 spiro atoms. The molecule has 2 aromatic carbocycles. The smallest absolute Gasteiger partial charge is 0.338 e. The molecule has 0 atom stereocenters. The van der Waals surface area contributed by atoms with Gasteiger partial charge in [-0.15, -0.1) is 0 Å². The summed E-state index contributed by atoms with van der Waals surface area (Å²) in [6.45, 7) is -0.277. The Bertz CT molecular complexity index is 1190. The van der Waals surface area contributed by atoms with E-state index in [2.05, 4.69) is 15.6 Å². The average molecular weight is 437 g/mol. The van der Waals surface area contributed by atoms with Crippen LogP contribution in [0, 0.1) is 10.1 Å². The van der Waals surface area contributed by atoms with Crippen molar-refractivity contribution in [3.05, 3.63) is 70.1 Å². The fourth-order valence-corrected chi connectivity index (χ4v) is 2.90. The molecule has 0 aliphatic carbocycles. The van der Waals surface area contributed by atoms with Gasteiger partial charge in [-0.2, -0.15) is 4.98 Å². The summed E-state index contributed by atoms with van der Waals surface area (Å²) in [5.74, 6) is -0.921. The highest BCUT2D eigenvalue weighted by atomic mass is 16.6. The van der Waals surface area contributed by atoms with Crippen LogP contribution in [0.2, 0.25) is 0 Å². The maximum atomic E-state index is 12.3. The molecular formula is C20H15N5O7. The zero-order valence-corrected chi connectivity index (χ0v) is 16.4. The Morgan fingerprint density at radius 2 is 1.84 bits per heavy atom. The second-order valence-corrected chi connectivity index (χ2v) is 6.70. The van der Waals surface area contributed by atoms with Crippen molar-refractivity contribution in [1.29, 1.82) is 0 Å². The molecule has 3 aromatic rings. The lowest BCUT2D eigenvalue weighted by molar-refractivity contribution is -0.384. The molecule has 162 valence electrons. The van der Waals surface area contributed by atoms with Crippen LogP contribution in [0.1, 0.15) is 29.1 Å². The number of non-ortho nitro benzene ring substituents is 1. The van der Waals surface area contributed by atoms with Gasteiger partial charge in [0.05, 0.1) is 16.2 Å². The van der Waals surface area contributed by atoms with Crippen LogP contribution in [-0.2, 0) is 20.9 Å². The fourth-order valence-electron chi connectivity index (χ4n) is 2.90. The summed E-state index contributed by atoms with van der Waals surface area (Å²) in [5, 5.41) is 15.6. The van der Waals surface area contributed by atoms with Crippen molar-refractivity contribution in [2.24, 2.45) is 0 Å². The summed E-state index contributed by atoms with van der Waals surface area (Å²) in [4.78, 5) is 50.0. The fraction of sp³-hybridized carbons (Fsp3) is 0.150. The summed E-state index contributed by atoms with van der Waals surface area (Å²) >= 11 is 0. The molecule has 2 heterocycles. The largest absolute Gasteiger partial charge is 0.452 e. The number of hydrogen-bond donors (Lipinski definition) is 1. The Morgan fingerprint density at radius 3 is 2.53 bits per heavy atom. The second-order valence-electron chi connectivity index (χ2n) is 6.70. The maximum Gasteiger partial charge on any atom is 0.338 e. The van der Waals surface area contributed by atoms with Crippen LogP contribution < -0.4 is 10.4 Å². The van der Waals surface area contributed by atoms with E-state index < -0.39 is 10.9 Å². The third-order valence-electron chi connectivity index (χ3n) is 4.54. The number of nitro groups is 1. The number of anilines is 1. The molecular weight excluding hydrogens is 422 g/mol. The van der Waals surface area contributed by atoms with Gasteiger partial charge >= 0.3 is 5.97 Å². The number of hydrazine groups is 1. The van der Waals surface area contributed by atoms with E-state index in [-0.39, 0.29) is 54.2 Å². The monoisotopic (exact) mass is 437 g/mol. The van der Waals surface area contributed by atoms with Crippen LogP contribution >= 0.6 is 0 Å². The van der Waals surface area contributed by atoms with Gasteiger partial charge in [-0.25, -0.2) is 9.80 Å². The number of hydrogen-bond acceptors (Lipinski definition) is 9. The molecule has 4 rings (SSSR count). The Morgan fingerprint density at radius 1 is 1.12 bits per heavy atom. The molecule has 32 heavy (non-hydrogen) atoms. The molecule has 1 aromatic heterocycles. The highest BCUT2D eigenvalue weighted by Crippen LogP contribution is 2.21. The zero-order valence-electron chi connectivity index (χ0n) is 16.4. The molecule has 1 aliphatic rings. The maximum absolute atomic E-state index is 12.3. The first-order chi connectivity index (χ1) is 15.4. The van der Waals surface area contributed by atoms with Crippen molar-refractivity contribution >= 4 is 29.2 Å². The number of benzene rings is 2. The number of nitrogens with one attached hydrogen (secondary N) is 1. The van der Waals surface area contributed by atoms with Gasteiger partial charge in [0, 0.05) is 30.5 Å². The minimum absolute atomic E-state index is 0.0462. The number of carbonyl (C=O) groups is 3. The van der Waals surface area contributed by atoms with Crippen LogP contribution in [-0.4, -0.2) is 32.8 Å². The van der Waals surface area contributed by atoms with Crippen LogP contribution in [0.25, 0.3) is 11.4 Å². The molecule has 1 saturated heterocycles. The normalized spacial score (nSPS) is 13.6. The van der Waals surface area contributed by atoms with Gasteiger partial charge in [0.15, 0.2) is 6.61 Å². The van der Waals surface area contributed by atoms with E-state index in [4.69, 9.17) is 9.26 Å². The highest BCUT2D eigenvalue weighted by Gasteiger charge is 2.24. The number of ether oxygens (including phenoxy) is 1.